The van der Waals surface area contributed by atoms with Gasteiger partial charge in [0.15, 0.2) is 6.61 Å². The van der Waals surface area contributed by atoms with Gasteiger partial charge in [-0.2, -0.15) is 0 Å². The Morgan fingerprint density at radius 3 is 1.91 bits per heavy atom. The molecule has 0 fully saturated rings. The van der Waals surface area contributed by atoms with Gasteiger partial charge in [-0.15, -0.1) is 0 Å². The van der Waals surface area contributed by atoms with Crippen LogP contribution in [0.1, 0.15) is 6.92 Å². The van der Waals surface area contributed by atoms with Gasteiger partial charge in [0, 0.05) is 28.3 Å². The van der Waals surface area contributed by atoms with Crippen molar-refractivity contribution < 1.29 is 22.7 Å². The van der Waals surface area contributed by atoms with Crippen LogP contribution < -0.4 is 20.1 Å². The van der Waals surface area contributed by atoms with Crippen LogP contribution in [0, 0.1) is 0 Å². The fourth-order valence-corrected chi connectivity index (χ4v) is 4.29. The van der Waals surface area contributed by atoms with Crippen molar-refractivity contribution in [1.82, 2.24) is 0 Å². The van der Waals surface area contributed by atoms with Gasteiger partial charge in [0.1, 0.15) is 5.75 Å². The Bertz CT molecular complexity index is 1240. The normalized spacial score (nSPS) is 10.9. The van der Waals surface area contributed by atoms with E-state index in [1.54, 1.807) is 24.3 Å². The maximum absolute atomic E-state index is 12.6. The molecular formula is C22H19Cl2N3O5S. The number of ether oxygens (including phenoxy) is 1. The van der Waals surface area contributed by atoms with Gasteiger partial charge in [-0.3, -0.25) is 14.3 Å². The Balaban J connectivity index is 1.55. The number of amides is 2. The predicted molar refractivity (Wildman–Crippen MR) is 129 cm³/mol. The Labute approximate surface area is 200 Å². The van der Waals surface area contributed by atoms with Crippen LogP contribution >= 0.6 is 23.2 Å². The minimum absolute atomic E-state index is 0.00494. The third kappa shape index (κ3) is 7.38. The number of hydrogen-bond acceptors (Lipinski definition) is 5. The van der Waals surface area contributed by atoms with E-state index in [1.807, 2.05) is 0 Å². The standard InChI is InChI=1S/C22H19Cl2N3O5S/c1-14(28)25-17-2-4-18(5-3-17)26-22(29)13-32-20-6-8-21(9-7-20)33(30,31)27-19-11-15(23)10-16(24)12-19/h2-12,27H,13H2,1H3,(H,25,28)(H,26,29). The Morgan fingerprint density at radius 2 is 1.36 bits per heavy atom. The molecule has 0 spiro atoms. The average Bonchev–Trinajstić information content (AvgIpc) is 2.72. The maximum atomic E-state index is 12.6. The van der Waals surface area contributed by atoms with E-state index in [0.29, 0.717) is 27.2 Å². The van der Waals surface area contributed by atoms with Gasteiger partial charge in [-0.1, -0.05) is 23.2 Å². The number of sulfonamides is 1. The lowest BCUT2D eigenvalue weighted by atomic mass is 10.2. The lowest BCUT2D eigenvalue weighted by Gasteiger charge is -2.11. The van der Waals surface area contributed by atoms with Crippen LogP contribution in [-0.4, -0.2) is 26.8 Å². The molecule has 0 heterocycles. The van der Waals surface area contributed by atoms with Gasteiger partial charge in [0.2, 0.25) is 5.91 Å². The van der Waals surface area contributed by atoms with E-state index >= 15 is 0 Å². The highest BCUT2D eigenvalue weighted by atomic mass is 35.5. The van der Waals surface area contributed by atoms with E-state index in [1.165, 1.54) is 49.4 Å². The summed E-state index contributed by atoms with van der Waals surface area (Å²) in [5.74, 6) is -0.280. The molecule has 172 valence electrons. The number of carbonyl (C=O) groups is 2. The molecule has 0 radical (unpaired) electrons. The van der Waals surface area contributed by atoms with Gasteiger partial charge in [-0.05, 0) is 66.7 Å². The van der Waals surface area contributed by atoms with E-state index in [9.17, 15) is 18.0 Å². The van der Waals surface area contributed by atoms with Crippen molar-refractivity contribution in [2.75, 3.05) is 22.0 Å². The molecule has 3 N–H and O–H groups in total. The Hall–Kier alpha value is -3.27. The van der Waals surface area contributed by atoms with Crippen LogP contribution in [0.2, 0.25) is 10.0 Å². The number of carbonyl (C=O) groups excluding carboxylic acids is 2. The molecule has 33 heavy (non-hydrogen) atoms. The molecular weight excluding hydrogens is 489 g/mol. The van der Waals surface area contributed by atoms with Crippen LogP contribution in [0.3, 0.4) is 0 Å². The lowest BCUT2D eigenvalue weighted by Crippen LogP contribution is -2.20. The van der Waals surface area contributed by atoms with E-state index < -0.39 is 15.9 Å². The van der Waals surface area contributed by atoms with Gasteiger partial charge >= 0.3 is 0 Å². The predicted octanol–water partition coefficient (Wildman–Crippen LogP) is 4.77. The van der Waals surface area contributed by atoms with E-state index in [-0.39, 0.29) is 23.1 Å². The summed E-state index contributed by atoms with van der Waals surface area (Å²) >= 11 is 11.8. The second-order valence-corrected chi connectivity index (χ2v) is 9.39. The van der Waals surface area contributed by atoms with Gasteiger partial charge < -0.3 is 15.4 Å². The van der Waals surface area contributed by atoms with Crippen molar-refractivity contribution in [2.24, 2.45) is 0 Å². The second kappa shape index (κ2) is 10.6. The van der Waals surface area contributed by atoms with Crippen LogP contribution in [0.4, 0.5) is 17.1 Å². The van der Waals surface area contributed by atoms with Crippen molar-refractivity contribution in [3.05, 3.63) is 76.8 Å². The summed E-state index contributed by atoms with van der Waals surface area (Å²) in [5.41, 5.74) is 1.38. The highest BCUT2D eigenvalue weighted by molar-refractivity contribution is 7.92. The van der Waals surface area contributed by atoms with Crippen LogP contribution in [0.5, 0.6) is 5.75 Å². The van der Waals surface area contributed by atoms with Crippen molar-refractivity contribution >= 4 is 62.1 Å². The molecule has 11 heteroatoms. The molecule has 3 aromatic rings. The number of nitrogens with one attached hydrogen (secondary N) is 3. The van der Waals surface area contributed by atoms with Crippen molar-refractivity contribution in [3.63, 3.8) is 0 Å². The minimum atomic E-state index is -3.88. The fourth-order valence-electron chi connectivity index (χ4n) is 2.73. The zero-order valence-corrected chi connectivity index (χ0v) is 19.6. The molecule has 0 saturated heterocycles. The van der Waals surface area contributed by atoms with E-state index in [0.717, 1.165) is 0 Å². The van der Waals surface area contributed by atoms with Crippen molar-refractivity contribution in [2.45, 2.75) is 11.8 Å². The quantitative estimate of drug-likeness (QED) is 0.406. The first-order valence-electron chi connectivity index (χ1n) is 9.50. The number of halogens is 2. The van der Waals surface area contributed by atoms with Gasteiger partial charge in [0.25, 0.3) is 15.9 Å². The molecule has 8 nitrogen and oxygen atoms in total. The number of benzene rings is 3. The highest BCUT2D eigenvalue weighted by Gasteiger charge is 2.15. The molecule has 3 aromatic carbocycles. The maximum Gasteiger partial charge on any atom is 0.262 e. The highest BCUT2D eigenvalue weighted by Crippen LogP contribution is 2.25. The summed E-state index contributed by atoms with van der Waals surface area (Å²) < 4.78 is 32.9. The zero-order valence-electron chi connectivity index (χ0n) is 17.3. The Kier molecular flexibility index (Phi) is 7.80. The fraction of sp³-hybridized carbons (Fsp3) is 0.0909. The molecule has 0 atom stereocenters. The SMILES string of the molecule is CC(=O)Nc1ccc(NC(=O)COc2ccc(S(=O)(=O)Nc3cc(Cl)cc(Cl)c3)cc2)cc1. The summed E-state index contributed by atoms with van der Waals surface area (Å²) in [7, 11) is -3.88. The number of hydrogen-bond donors (Lipinski definition) is 3. The summed E-state index contributed by atoms with van der Waals surface area (Å²) in [5, 5.41) is 5.88. The molecule has 3 rings (SSSR count). The van der Waals surface area contributed by atoms with Crippen molar-refractivity contribution in [3.8, 4) is 5.75 Å². The largest absolute Gasteiger partial charge is 0.484 e. The zero-order chi connectivity index (χ0) is 24.0. The monoisotopic (exact) mass is 507 g/mol. The topological polar surface area (TPSA) is 114 Å². The first kappa shape index (κ1) is 24.4. The van der Waals surface area contributed by atoms with Crippen LogP contribution in [-0.2, 0) is 19.6 Å². The number of anilines is 3. The van der Waals surface area contributed by atoms with Gasteiger partial charge in [-0.25, -0.2) is 8.42 Å². The minimum Gasteiger partial charge on any atom is -0.484 e. The van der Waals surface area contributed by atoms with Crippen molar-refractivity contribution in [1.29, 1.82) is 0 Å². The Morgan fingerprint density at radius 1 is 0.818 bits per heavy atom. The summed E-state index contributed by atoms with van der Waals surface area (Å²) in [6, 6.07) is 16.5. The third-order valence-corrected chi connectivity index (χ3v) is 5.94. The third-order valence-electron chi connectivity index (χ3n) is 4.11. The summed E-state index contributed by atoms with van der Waals surface area (Å²) in [6.07, 6.45) is 0. The molecule has 0 aliphatic rings. The molecule has 0 aliphatic carbocycles. The molecule has 0 saturated carbocycles. The molecule has 2 amide bonds. The average molecular weight is 508 g/mol. The molecule has 0 bridgehead atoms. The second-order valence-electron chi connectivity index (χ2n) is 6.83. The smallest absolute Gasteiger partial charge is 0.262 e. The molecule has 0 aliphatic heterocycles. The van der Waals surface area contributed by atoms with Crippen LogP contribution in [0.25, 0.3) is 0 Å². The summed E-state index contributed by atoms with van der Waals surface area (Å²) in [6.45, 7) is 1.12. The lowest BCUT2D eigenvalue weighted by molar-refractivity contribution is -0.118. The molecule has 0 unspecified atom stereocenters. The first-order valence-corrected chi connectivity index (χ1v) is 11.7. The van der Waals surface area contributed by atoms with E-state index in [4.69, 9.17) is 27.9 Å². The first-order chi connectivity index (χ1) is 15.6. The van der Waals surface area contributed by atoms with Crippen LogP contribution in [0.15, 0.2) is 71.6 Å². The number of rotatable bonds is 8. The summed E-state index contributed by atoms with van der Waals surface area (Å²) in [4.78, 5) is 23.1. The van der Waals surface area contributed by atoms with Gasteiger partial charge in [0.05, 0.1) is 10.6 Å². The molecule has 0 aromatic heterocycles. The van der Waals surface area contributed by atoms with E-state index in [2.05, 4.69) is 15.4 Å².